The summed E-state index contributed by atoms with van der Waals surface area (Å²) >= 11 is 4.75. The summed E-state index contributed by atoms with van der Waals surface area (Å²) in [5.74, 6) is 0.605. The average molecular weight is 194 g/mol. The largest absolute Gasteiger partial charge is 0.376 e. The molecule has 0 rings (SSSR count). The van der Waals surface area contributed by atoms with Crippen molar-refractivity contribution < 1.29 is 4.21 Å². The first-order valence-corrected chi connectivity index (χ1v) is 5.41. The zero-order chi connectivity index (χ0) is 9.02. The van der Waals surface area contributed by atoms with Gasteiger partial charge in [-0.3, -0.25) is 4.21 Å². The third-order valence-electron chi connectivity index (χ3n) is 1.48. The van der Waals surface area contributed by atoms with Gasteiger partial charge in [0.25, 0.3) is 0 Å². The summed E-state index contributed by atoms with van der Waals surface area (Å²) in [6.45, 7) is 1.94. The van der Waals surface area contributed by atoms with Gasteiger partial charge >= 0.3 is 0 Å². The molecule has 0 amide bonds. The molecule has 0 aliphatic rings. The van der Waals surface area contributed by atoms with E-state index in [1.54, 1.807) is 18.2 Å². The van der Waals surface area contributed by atoms with Crippen molar-refractivity contribution in [3.8, 4) is 0 Å². The Kier molecular flexibility index (Phi) is 4.60. The van der Waals surface area contributed by atoms with Crippen molar-refractivity contribution in [2.24, 2.45) is 5.73 Å². The minimum absolute atomic E-state index is 0.151. The van der Waals surface area contributed by atoms with Crippen molar-refractivity contribution in [1.82, 2.24) is 4.90 Å². The SMILES string of the molecule is CC(CS(C)=O)N(C)C(N)=S. The van der Waals surface area contributed by atoms with E-state index in [0.29, 0.717) is 10.9 Å². The van der Waals surface area contributed by atoms with Crippen LogP contribution in [0.15, 0.2) is 0 Å². The molecule has 0 saturated heterocycles. The topological polar surface area (TPSA) is 46.3 Å². The molecule has 3 nitrogen and oxygen atoms in total. The fourth-order valence-corrected chi connectivity index (χ4v) is 1.75. The molecule has 0 spiro atoms. The Morgan fingerprint density at radius 3 is 2.55 bits per heavy atom. The molecule has 11 heavy (non-hydrogen) atoms. The Morgan fingerprint density at radius 2 is 2.27 bits per heavy atom. The summed E-state index contributed by atoms with van der Waals surface area (Å²) in [6, 6.07) is 0.151. The Balaban J connectivity index is 3.92. The Morgan fingerprint density at radius 1 is 1.82 bits per heavy atom. The van der Waals surface area contributed by atoms with Gasteiger partial charge in [0.1, 0.15) is 0 Å². The first kappa shape index (κ1) is 10.8. The summed E-state index contributed by atoms with van der Waals surface area (Å²) < 4.78 is 10.8. The summed E-state index contributed by atoms with van der Waals surface area (Å²) in [7, 11) is 1.02. The van der Waals surface area contributed by atoms with E-state index in [1.807, 2.05) is 6.92 Å². The second-order valence-corrected chi connectivity index (χ2v) is 4.44. The van der Waals surface area contributed by atoms with E-state index in [-0.39, 0.29) is 6.04 Å². The molecule has 0 heterocycles. The first-order chi connectivity index (χ1) is 4.95. The minimum Gasteiger partial charge on any atom is -0.376 e. The summed E-state index contributed by atoms with van der Waals surface area (Å²) in [4.78, 5) is 1.75. The van der Waals surface area contributed by atoms with Crippen LogP contribution in [0, 0.1) is 0 Å². The number of thiocarbonyl (C=S) groups is 1. The fourth-order valence-electron chi connectivity index (χ4n) is 0.669. The smallest absolute Gasteiger partial charge is 0.166 e. The van der Waals surface area contributed by atoms with Gasteiger partial charge in [-0.15, -0.1) is 0 Å². The Labute approximate surface area is 75.4 Å². The maximum atomic E-state index is 10.8. The highest BCUT2D eigenvalue weighted by Gasteiger charge is 2.10. The van der Waals surface area contributed by atoms with Crippen molar-refractivity contribution in [3.05, 3.63) is 0 Å². The highest BCUT2D eigenvalue weighted by atomic mass is 32.2. The molecule has 0 aliphatic heterocycles. The van der Waals surface area contributed by atoms with Gasteiger partial charge in [0.05, 0.1) is 0 Å². The van der Waals surface area contributed by atoms with Gasteiger partial charge in [0.15, 0.2) is 5.11 Å². The fraction of sp³-hybridized carbons (Fsp3) is 0.833. The second kappa shape index (κ2) is 4.66. The lowest BCUT2D eigenvalue weighted by Crippen LogP contribution is -2.41. The number of hydrogen-bond donors (Lipinski definition) is 1. The molecule has 0 bridgehead atoms. The maximum Gasteiger partial charge on any atom is 0.166 e. The lowest BCUT2D eigenvalue weighted by atomic mass is 10.4. The molecule has 0 saturated carbocycles. The van der Waals surface area contributed by atoms with Gasteiger partial charge in [-0.25, -0.2) is 0 Å². The molecule has 2 unspecified atom stereocenters. The van der Waals surface area contributed by atoms with Gasteiger partial charge < -0.3 is 10.6 Å². The third kappa shape index (κ3) is 4.31. The second-order valence-electron chi connectivity index (χ2n) is 2.54. The number of hydrogen-bond acceptors (Lipinski definition) is 2. The average Bonchev–Trinajstić information content (AvgIpc) is 1.84. The molecule has 5 heteroatoms. The van der Waals surface area contributed by atoms with E-state index in [0.717, 1.165) is 0 Å². The summed E-state index contributed by atoms with van der Waals surface area (Å²) in [5.41, 5.74) is 5.37. The van der Waals surface area contributed by atoms with Crippen LogP contribution in [0.1, 0.15) is 6.92 Å². The Hall–Kier alpha value is -0.160. The van der Waals surface area contributed by atoms with Crippen molar-refractivity contribution in [2.45, 2.75) is 13.0 Å². The monoisotopic (exact) mass is 194 g/mol. The molecule has 2 N–H and O–H groups in total. The third-order valence-corrected chi connectivity index (χ3v) is 2.72. The van der Waals surface area contributed by atoms with Crippen molar-refractivity contribution in [1.29, 1.82) is 0 Å². The van der Waals surface area contributed by atoms with Crippen LogP contribution in [-0.4, -0.2) is 39.3 Å². The van der Waals surface area contributed by atoms with E-state index in [1.165, 1.54) is 0 Å². The van der Waals surface area contributed by atoms with E-state index in [9.17, 15) is 4.21 Å². The van der Waals surface area contributed by atoms with Crippen molar-refractivity contribution >= 4 is 28.1 Å². The molecule has 0 aliphatic carbocycles. The molecule has 0 aromatic rings. The zero-order valence-corrected chi connectivity index (χ0v) is 8.67. The van der Waals surface area contributed by atoms with Crippen LogP contribution in [0.3, 0.4) is 0 Å². The predicted molar refractivity (Wildman–Crippen MR) is 52.9 cm³/mol. The van der Waals surface area contributed by atoms with Crippen LogP contribution in [0.25, 0.3) is 0 Å². The van der Waals surface area contributed by atoms with Crippen molar-refractivity contribution in [2.75, 3.05) is 19.1 Å². The quantitative estimate of drug-likeness (QED) is 0.639. The van der Waals surface area contributed by atoms with Crippen LogP contribution in [0.2, 0.25) is 0 Å². The highest BCUT2D eigenvalue weighted by molar-refractivity contribution is 7.84. The number of nitrogens with two attached hydrogens (primary N) is 1. The van der Waals surface area contributed by atoms with Crippen molar-refractivity contribution in [3.63, 3.8) is 0 Å². The van der Waals surface area contributed by atoms with Crippen LogP contribution in [0.5, 0.6) is 0 Å². The van der Waals surface area contributed by atoms with Gasteiger partial charge in [-0.2, -0.15) is 0 Å². The van der Waals surface area contributed by atoms with Crippen LogP contribution < -0.4 is 5.73 Å². The molecule has 0 fully saturated rings. The molecule has 66 valence electrons. The first-order valence-electron chi connectivity index (χ1n) is 3.27. The van der Waals surface area contributed by atoms with Gasteiger partial charge in [0, 0.05) is 35.9 Å². The molecular weight excluding hydrogens is 180 g/mol. The zero-order valence-electron chi connectivity index (χ0n) is 7.03. The molecular formula is C6H14N2OS2. The lowest BCUT2D eigenvalue weighted by molar-refractivity contribution is 0.424. The van der Waals surface area contributed by atoms with E-state index in [2.05, 4.69) is 0 Å². The molecule has 2 atom stereocenters. The van der Waals surface area contributed by atoms with Gasteiger partial charge in [0.2, 0.25) is 0 Å². The van der Waals surface area contributed by atoms with Gasteiger partial charge in [-0.05, 0) is 19.1 Å². The lowest BCUT2D eigenvalue weighted by Gasteiger charge is -2.23. The summed E-state index contributed by atoms with van der Waals surface area (Å²) in [6.07, 6.45) is 1.67. The minimum atomic E-state index is -0.790. The molecule has 0 radical (unpaired) electrons. The number of nitrogens with zero attached hydrogens (tertiary/aromatic N) is 1. The number of rotatable bonds is 3. The van der Waals surface area contributed by atoms with Crippen LogP contribution in [0.4, 0.5) is 0 Å². The van der Waals surface area contributed by atoms with E-state index in [4.69, 9.17) is 18.0 Å². The highest BCUT2D eigenvalue weighted by Crippen LogP contribution is 1.96. The van der Waals surface area contributed by atoms with Gasteiger partial charge in [-0.1, -0.05) is 0 Å². The van der Waals surface area contributed by atoms with E-state index >= 15 is 0 Å². The normalized spacial score (nSPS) is 15.5. The molecule has 0 aromatic heterocycles. The summed E-state index contributed by atoms with van der Waals surface area (Å²) in [5, 5.41) is 0.350. The van der Waals surface area contributed by atoms with Crippen LogP contribution in [-0.2, 0) is 10.8 Å². The predicted octanol–water partition coefficient (Wildman–Crippen LogP) is -0.0712. The van der Waals surface area contributed by atoms with Crippen LogP contribution >= 0.6 is 12.2 Å². The van der Waals surface area contributed by atoms with E-state index < -0.39 is 10.8 Å². The maximum absolute atomic E-state index is 10.8. The molecule has 0 aromatic carbocycles. The standard InChI is InChI=1S/C6H14N2OS2/c1-5(4-11(3)9)8(2)6(7)10/h5H,4H2,1-3H3,(H2,7,10). The Bertz CT molecular complexity index is 172.